The Balaban J connectivity index is 1.38. The summed E-state index contributed by atoms with van der Waals surface area (Å²) in [7, 11) is 0. The van der Waals surface area contributed by atoms with Gasteiger partial charge in [-0.3, -0.25) is 15.1 Å². The van der Waals surface area contributed by atoms with Gasteiger partial charge in [0, 0.05) is 16.5 Å². The lowest BCUT2D eigenvalue weighted by molar-refractivity contribution is -0.116. The number of hydrazone groups is 1. The van der Waals surface area contributed by atoms with E-state index in [-0.39, 0.29) is 11.7 Å². The molecule has 0 saturated heterocycles. The molecule has 1 N–H and O–H groups in total. The minimum Gasteiger partial charge on any atom is -0.490 e. The van der Waals surface area contributed by atoms with Crippen LogP contribution in [0.15, 0.2) is 106 Å². The molecule has 10 heteroatoms. The summed E-state index contributed by atoms with van der Waals surface area (Å²) in [4.78, 5) is 18.5. The molecule has 2 heterocycles. The van der Waals surface area contributed by atoms with E-state index in [9.17, 15) is 9.18 Å². The Bertz CT molecular complexity index is 1800. The van der Waals surface area contributed by atoms with Crippen molar-refractivity contribution >= 4 is 44.5 Å². The Labute approximate surface area is 254 Å². The number of hydrogen-bond donors (Lipinski definition) is 1. The maximum Gasteiger partial charge on any atom is 0.276 e. The fourth-order valence-corrected chi connectivity index (χ4v) is 6.15. The van der Waals surface area contributed by atoms with Gasteiger partial charge in [0.1, 0.15) is 18.1 Å². The maximum atomic E-state index is 14.3. The highest BCUT2D eigenvalue weighted by atomic mass is 79.9. The van der Waals surface area contributed by atoms with Gasteiger partial charge in [0.15, 0.2) is 22.8 Å². The lowest BCUT2D eigenvalue weighted by Gasteiger charge is -2.34. The molecule has 6 rings (SSSR count). The first-order chi connectivity index (χ1) is 20.5. The largest absolute Gasteiger partial charge is 0.490 e. The van der Waals surface area contributed by atoms with E-state index >= 15 is 0 Å². The van der Waals surface area contributed by atoms with Crippen LogP contribution in [0.3, 0.4) is 0 Å². The summed E-state index contributed by atoms with van der Waals surface area (Å²) in [5, 5.41) is 11.0. The van der Waals surface area contributed by atoms with Crippen LogP contribution in [-0.2, 0) is 17.2 Å². The minimum absolute atomic E-state index is 0.303. The third-order valence-electron chi connectivity index (χ3n) is 6.69. The van der Waals surface area contributed by atoms with Crippen molar-refractivity contribution in [2.24, 2.45) is 10.1 Å². The second kappa shape index (κ2) is 12.4. The van der Waals surface area contributed by atoms with Gasteiger partial charge in [-0.05, 0) is 58.2 Å². The number of fused-ring (bicyclic) bond motifs is 2. The molecule has 2 aliphatic heterocycles. The van der Waals surface area contributed by atoms with Crippen LogP contribution in [0.25, 0.3) is 5.70 Å². The van der Waals surface area contributed by atoms with E-state index in [2.05, 4.69) is 21.2 Å². The van der Waals surface area contributed by atoms with Crippen molar-refractivity contribution < 1.29 is 18.7 Å². The second-order valence-corrected chi connectivity index (χ2v) is 11.3. The van der Waals surface area contributed by atoms with Gasteiger partial charge < -0.3 is 9.47 Å². The molecule has 0 unspecified atom stereocenters. The molecule has 1 atom stereocenters. The highest BCUT2D eigenvalue weighted by Crippen LogP contribution is 2.41. The predicted octanol–water partition coefficient (Wildman–Crippen LogP) is 5.64. The topological polar surface area (TPSA) is 75.5 Å². The normalized spacial score (nSPS) is 15.6. The molecule has 0 radical (unpaired) electrons. The average Bonchev–Trinajstić information content (AvgIpc) is 3.00. The van der Waals surface area contributed by atoms with Crippen LogP contribution >= 0.6 is 27.7 Å². The zero-order chi connectivity index (χ0) is 29.1. The molecule has 7 nitrogen and oxygen atoms in total. The summed E-state index contributed by atoms with van der Waals surface area (Å²) >= 11 is 4.93. The third-order valence-corrected chi connectivity index (χ3v) is 8.19. The molecule has 4 aromatic rings. The summed E-state index contributed by atoms with van der Waals surface area (Å²) in [6.07, 6.45) is -0.663. The summed E-state index contributed by atoms with van der Waals surface area (Å²) in [6, 6.07) is 27.7. The summed E-state index contributed by atoms with van der Waals surface area (Å²) in [6.45, 7) is 2.71. The minimum atomic E-state index is -0.663. The standard InChI is InChI=1S/C32H26BrFN4O3S/c1-2-40-27-17-22(16-24(33)29(27)41-18-20-10-4-3-5-11-20)30-35-26-15-9-7-13-23(26)28-31(39)36-32(37-38(28)30)42-19-21-12-6-8-14-25(21)34/h3-17,30H,2,18-19H2,1H3,(H,36,37,39)/t30-/m1/s1. The van der Waals surface area contributed by atoms with Crippen LogP contribution in [0, 0.1) is 5.82 Å². The molecular weight excluding hydrogens is 619 g/mol. The number of carbonyl (C=O) groups is 1. The summed E-state index contributed by atoms with van der Waals surface area (Å²) in [5.74, 6) is 0.822. The van der Waals surface area contributed by atoms with E-state index in [4.69, 9.17) is 19.6 Å². The number of halogens is 2. The molecular formula is C32H26BrFN4O3S. The second-order valence-electron chi connectivity index (χ2n) is 9.49. The van der Waals surface area contributed by atoms with Gasteiger partial charge >= 0.3 is 0 Å². The molecule has 1 amide bonds. The predicted molar refractivity (Wildman–Crippen MR) is 165 cm³/mol. The fraction of sp³-hybridized carbons (Fsp3) is 0.156. The number of benzene rings is 4. The lowest BCUT2D eigenvalue weighted by atomic mass is 10.1. The average molecular weight is 646 g/mol. The number of amidine groups is 1. The number of nitrogens with one attached hydrogen (secondary N) is 1. The molecule has 42 heavy (non-hydrogen) atoms. The first kappa shape index (κ1) is 28.0. The van der Waals surface area contributed by atoms with Gasteiger partial charge in [-0.2, -0.15) is 0 Å². The highest BCUT2D eigenvalue weighted by molar-refractivity contribution is 9.10. The Hall–Kier alpha value is -4.15. The first-order valence-electron chi connectivity index (χ1n) is 13.4. The van der Waals surface area contributed by atoms with Crippen molar-refractivity contribution in [1.29, 1.82) is 0 Å². The van der Waals surface area contributed by atoms with Crippen molar-refractivity contribution in [3.8, 4) is 11.5 Å². The van der Waals surface area contributed by atoms with Crippen LogP contribution < -0.4 is 25.4 Å². The van der Waals surface area contributed by atoms with Crippen LogP contribution in [0.5, 0.6) is 11.5 Å². The van der Waals surface area contributed by atoms with Gasteiger partial charge in [-0.25, -0.2) is 9.40 Å². The molecule has 4 aromatic carbocycles. The van der Waals surface area contributed by atoms with Crippen molar-refractivity contribution in [2.75, 3.05) is 6.61 Å². The molecule has 0 saturated carbocycles. The smallest absolute Gasteiger partial charge is 0.276 e. The summed E-state index contributed by atoms with van der Waals surface area (Å²) < 4.78 is 27.1. The van der Waals surface area contributed by atoms with Crippen molar-refractivity contribution in [2.45, 2.75) is 25.4 Å². The highest BCUT2D eigenvalue weighted by Gasteiger charge is 2.35. The number of amides is 1. The summed E-state index contributed by atoms with van der Waals surface area (Å²) in [5.41, 5.74) is 2.69. The number of hydrogen-bond acceptors (Lipinski definition) is 7. The molecule has 0 fully saturated rings. The number of rotatable bonds is 8. The zero-order valence-electron chi connectivity index (χ0n) is 22.6. The monoisotopic (exact) mass is 644 g/mol. The zero-order valence-corrected chi connectivity index (χ0v) is 25.0. The molecule has 212 valence electrons. The van der Waals surface area contributed by atoms with Crippen molar-refractivity contribution in [3.05, 3.63) is 129 Å². The number of ether oxygens (including phenoxy) is 2. The van der Waals surface area contributed by atoms with Crippen LogP contribution in [-0.4, -0.2) is 22.7 Å². The Kier molecular flexibility index (Phi) is 8.25. The molecule has 0 spiro atoms. The Morgan fingerprint density at radius 2 is 1.76 bits per heavy atom. The molecule has 2 aliphatic rings. The van der Waals surface area contributed by atoms with E-state index < -0.39 is 6.17 Å². The van der Waals surface area contributed by atoms with E-state index in [1.165, 1.54) is 17.8 Å². The number of nitrogens with zero attached hydrogens (tertiary/aromatic N) is 3. The Morgan fingerprint density at radius 3 is 2.57 bits per heavy atom. The van der Waals surface area contributed by atoms with Gasteiger partial charge in [0.25, 0.3) is 5.91 Å². The third kappa shape index (κ3) is 5.77. The first-order valence-corrected chi connectivity index (χ1v) is 15.1. The molecule has 0 bridgehead atoms. The van der Waals surface area contributed by atoms with E-state index in [0.29, 0.717) is 61.9 Å². The molecule has 0 aromatic heterocycles. The van der Waals surface area contributed by atoms with Gasteiger partial charge in [-0.1, -0.05) is 78.5 Å². The number of thioether (sulfide) groups is 1. The van der Waals surface area contributed by atoms with Crippen molar-refractivity contribution in [3.63, 3.8) is 0 Å². The Morgan fingerprint density at radius 1 is 1.00 bits per heavy atom. The van der Waals surface area contributed by atoms with Crippen LogP contribution in [0.4, 0.5) is 4.39 Å². The number of para-hydroxylation sites is 1. The van der Waals surface area contributed by atoms with E-state index in [1.807, 2.05) is 73.7 Å². The van der Waals surface area contributed by atoms with Crippen LogP contribution in [0.1, 0.15) is 29.8 Å². The maximum absolute atomic E-state index is 14.3. The number of carbonyl (C=O) groups excluding carboxylic acids is 1. The lowest BCUT2D eigenvalue weighted by Crippen LogP contribution is -2.50. The van der Waals surface area contributed by atoms with E-state index in [1.54, 1.807) is 23.2 Å². The van der Waals surface area contributed by atoms with Crippen LogP contribution in [0.2, 0.25) is 0 Å². The quantitative estimate of drug-likeness (QED) is 0.269. The van der Waals surface area contributed by atoms with Crippen molar-refractivity contribution in [1.82, 2.24) is 10.3 Å². The fourth-order valence-electron chi connectivity index (χ4n) is 4.74. The van der Waals surface area contributed by atoms with Gasteiger partial charge in [0.2, 0.25) is 0 Å². The van der Waals surface area contributed by atoms with E-state index in [0.717, 1.165) is 11.1 Å². The SMILES string of the molecule is CCOc1cc([C@@H]2N=c3ccccc3=C3C(=O)NC(SCc4ccccc4F)=NN32)cc(Br)c1OCc1ccccc1. The van der Waals surface area contributed by atoms with Gasteiger partial charge in [0.05, 0.1) is 16.4 Å². The molecule has 0 aliphatic carbocycles. The van der Waals surface area contributed by atoms with Gasteiger partial charge in [-0.15, -0.1) is 5.10 Å².